The summed E-state index contributed by atoms with van der Waals surface area (Å²) in [4.78, 5) is 2.62. The highest BCUT2D eigenvalue weighted by Gasteiger charge is 2.14. The molecule has 0 aliphatic rings. The van der Waals surface area contributed by atoms with Crippen LogP contribution in [0.4, 0.5) is 0 Å². The molecule has 16 heavy (non-hydrogen) atoms. The predicted molar refractivity (Wildman–Crippen MR) is 64.1 cm³/mol. The van der Waals surface area contributed by atoms with Crippen LogP contribution in [0.3, 0.4) is 0 Å². The standard InChI is InChI=1S/C12H17N3O/c1-12(2,3)10-6-4-9(5-7-10)11(16)8-14-15-13/h4-7,11,16H,8H2,1-3H3/t11-/m1/s1. The summed E-state index contributed by atoms with van der Waals surface area (Å²) in [5.74, 6) is 0. The SMILES string of the molecule is CC(C)(C)c1ccc([C@H](O)CN=[N+]=[N-])cc1. The third kappa shape index (κ3) is 3.26. The van der Waals surface area contributed by atoms with E-state index in [9.17, 15) is 5.11 Å². The minimum Gasteiger partial charge on any atom is -0.388 e. The van der Waals surface area contributed by atoms with Crippen molar-refractivity contribution in [2.24, 2.45) is 5.11 Å². The molecular formula is C12H17N3O. The van der Waals surface area contributed by atoms with Gasteiger partial charge < -0.3 is 5.11 Å². The molecule has 1 rings (SSSR count). The molecule has 4 nitrogen and oxygen atoms in total. The van der Waals surface area contributed by atoms with Gasteiger partial charge in [0.15, 0.2) is 0 Å². The molecule has 0 unspecified atom stereocenters. The highest BCUT2D eigenvalue weighted by molar-refractivity contribution is 5.28. The van der Waals surface area contributed by atoms with E-state index in [1.807, 2.05) is 24.3 Å². The van der Waals surface area contributed by atoms with Gasteiger partial charge in [0.25, 0.3) is 0 Å². The molecule has 1 N–H and O–H groups in total. The molecule has 4 heteroatoms. The molecule has 86 valence electrons. The molecule has 0 saturated carbocycles. The number of hydrogen-bond donors (Lipinski definition) is 1. The van der Waals surface area contributed by atoms with Gasteiger partial charge in [-0.3, -0.25) is 0 Å². The van der Waals surface area contributed by atoms with E-state index < -0.39 is 6.10 Å². The van der Waals surface area contributed by atoms with Gasteiger partial charge in [0.05, 0.1) is 12.6 Å². The van der Waals surface area contributed by atoms with Gasteiger partial charge in [-0.1, -0.05) is 50.2 Å². The molecule has 0 radical (unpaired) electrons. The minimum atomic E-state index is -0.718. The summed E-state index contributed by atoms with van der Waals surface area (Å²) < 4.78 is 0. The molecule has 0 bridgehead atoms. The molecule has 0 spiro atoms. The van der Waals surface area contributed by atoms with Crippen molar-refractivity contribution in [3.8, 4) is 0 Å². The Morgan fingerprint density at radius 1 is 1.31 bits per heavy atom. The van der Waals surface area contributed by atoms with Gasteiger partial charge in [-0.25, -0.2) is 0 Å². The topological polar surface area (TPSA) is 69.0 Å². The summed E-state index contributed by atoms with van der Waals surface area (Å²) in [6, 6.07) is 7.74. The minimum absolute atomic E-state index is 0.0748. The van der Waals surface area contributed by atoms with Crippen LogP contribution in [0, 0.1) is 0 Å². The number of rotatable bonds is 3. The van der Waals surface area contributed by atoms with Crippen molar-refractivity contribution >= 4 is 0 Å². The fourth-order valence-electron chi connectivity index (χ4n) is 1.42. The van der Waals surface area contributed by atoms with Crippen LogP contribution in [0.25, 0.3) is 10.4 Å². The number of benzene rings is 1. The van der Waals surface area contributed by atoms with Crippen LogP contribution >= 0.6 is 0 Å². The van der Waals surface area contributed by atoms with Crippen LogP contribution in [-0.4, -0.2) is 11.7 Å². The molecule has 1 aromatic rings. The molecule has 0 saturated heterocycles. The number of hydrogen-bond acceptors (Lipinski definition) is 2. The summed E-state index contributed by atoms with van der Waals surface area (Å²) in [5, 5.41) is 13.0. The molecule has 1 atom stereocenters. The van der Waals surface area contributed by atoms with E-state index in [4.69, 9.17) is 5.53 Å². The first kappa shape index (κ1) is 12.6. The Kier molecular flexibility index (Phi) is 3.93. The molecular weight excluding hydrogens is 202 g/mol. The van der Waals surface area contributed by atoms with E-state index in [2.05, 4.69) is 30.8 Å². The maximum absolute atomic E-state index is 9.68. The quantitative estimate of drug-likeness (QED) is 0.473. The number of aliphatic hydroxyl groups excluding tert-OH is 1. The van der Waals surface area contributed by atoms with Gasteiger partial charge in [0, 0.05) is 4.91 Å². The van der Waals surface area contributed by atoms with Crippen molar-refractivity contribution in [3.05, 3.63) is 45.8 Å². The smallest absolute Gasteiger partial charge is 0.0846 e. The summed E-state index contributed by atoms with van der Waals surface area (Å²) >= 11 is 0. The lowest BCUT2D eigenvalue weighted by Crippen LogP contribution is -2.11. The summed E-state index contributed by atoms with van der Waals surface area (Å²) in [7, 11) is 0. The Morgan fingerprint density at radius 3 is 2.31 bits per heavy atom. The summed E-state index contributed by atoms with van der Waals surface area (Å²) in [5.41, 5.74) is 10.3. The molecule has 1 aromatic carbocycles. The Morgan fingerprint density at radius 2 is 1.88 bits per heavy atom. The van der Waals surface area contributed by atoms with Gasteiger partial charge in [-0.05, 0) is 22.1 Å². The Bertz CT molecular complexity index is 386. The maximum atomic E-state index is 9.68. The van der Waals surface area contributed by atoms with Crippen LogP contribution in [0.5, 0.6) is 0 Å². The fraction of sp³-hybridized carbons (Fsp3) is 0.500. The monoisotopic (exact) mass is 219 g/mol. The second-order valence-corrected chi connectivity index (χ2v) is 4.80. The van der Waals surface area contributed by atoms with Gasteiger partial charge in [-0.2, -0.15) is 0 Å². The average Bonchev–Trinajstić information content (AvgIpc) is 2.25. The molecule has 0 amide bonds. The van der Waals surface area contributed by atoms with Gasteiger partial charge in [0.2, 0.25) is 0 Å². The largest absolute Gasteiger partial charge is 0.388 e. The molecule has 0 fully saturated rings. The van der Waals surface area contributed by atoms with Gasteiger partial charge in [0.1, 0.15) is 0 Å². The lowest BCUT2D eigenvalue weighted by molar-refractivity contribution is 0.186. The van der Waals surface area contributed by atoms with Crippen LogP contribution < -0.4 is 0 Å². The van der Waals surface area contributed by atoms with E-state index in [0.717, 1.165) is 5.56 Å². The van der Waals surface area contributed by atoms with E-state index in [-0.39, 0.29) is 12.0 Å². The number of aliphatic hydroxyl groups is 1. The third-order valence-corrected chi connectivity index (χ3v) is 2.48. The summed E-state index contributed by atoms with van der Waals surface area (Å²) in [6.45, 7) is 6.49. The van der Waals surface area contributed by atoms with Crippen LogP contribution in [0.15, 0.2) is 29.4 Å². The molecule has 0 aromatic heterocycles. The predicted octanol–water partition coefficient (Wildman–Crippen LogP) is 3.33. The Hall–Kier alpha value is -1.51. The second kappa shape index (κ2) is 5.01. The van der Waals surface area contributed by atoms with Crippen molar-refractivity contribution in [2.75, 3.05) is 6.54 Å². The van der Waals surface area contributed by atoms with Crippen LogP contribution in [-0.2, 0) is 5.41 Å². The van der Waals surface area contributed by atoms with E-state index >= 15 is 0 Å². The van der Waals surface area contributed by atoms with Crippen molar-refractivity contribution in [1.82, 2.24) is 0 Å². The van der Waals surface area contributed by atoms with E-state index in [1.54, 1.807) is 0 Å². The highest BCUT2D eigenvalue weighted by Crippen LogP contribution is 2.23. The average molecular weight is 219 g/mol. The van der Waals surface area contributed by atoms with Crippen molar-refractivity contribution in [3.63, 3.8) is 0 Å². The lowest BCUT2D eigenvalue weighted by atomic mass is 9.86. The van der Waals surface area contributed by atoms with Gasteiger partial charge in [-0.15, -0.1) is 0 Å². The fourth-order valence-corrected chi connectivity index (χ4v) is 1.42. The highest BCUT2D eigenvalue weighted by atomic mass is 16.3. The normalized spacial score (nSPS) is 13.0. The maximum Gasteiger partial charge on any atom is 0.0846 e. The zero-order chi connectivity index (χ0) is 12.2. The van der Waals surface area contributed by atoms with Crippen molar-refractivity contribution in [1.29, 1.82) is 0 Å². The molecule has 0 aliphatic carbocycles. The zero-order valence-corrected chi connectivity index (χ0v) is 9.88. The Labute approximate surface area is 95.5 Å². The summed E-state index contributed by atoms with van der Waals surface area (Å²) in [6.07, 6.45) is -0.718. The molecule has 0 aliphatic heterocycles. The zero-order valence-electron chi connectivity index (χ0n) is 9.88. The third-order valence-electron chi connectivity index (χ3n) is 2.48. The van der Waals surface area contributed by atoms with Crippen LogP contribution in [0.1, 0.15) is 38.0 Å². The van der Waals surface area contributed by atoms with Crippen molar-refractivity contribution in [2.45, 2.75) is 32.3 Å². The van der Waals surface area contributed by atoms with Crippen LogP contribution in [0.2, 0.25) is 0 Å². The first-order valence-corrected chi connectivity index (χ1v) is 5.24. The lowest BCUT2D eigenvalue weighted by Gasteiger charge is -2.19. The first-order valence-electron chi connectivity index (χ1n) is 5.24. The van der Waals surface area contributed by atoms with E-state index in [0.29, 0.717) is 0 Å². The second-order valence-electron chi connectivity index (χ2n) is 4.80. The number of nitrogens with zero attached hydrogens (tertiary/aromatic N) is 3. The van der Waals surface area contributed by atoms with Gasteiger partial charge >= 0.3 is 0 Å². The first-order chi connectivity index (χ1) is 7.45. The molecule has 0 heterocycles. The Balaban J connectivity index is 2.82. The van der Waals surface area contributed by atoms with E-state index in [1.165, 1.54) is 5.56 Å². The number of azide groups is 1. The van der Waals surface area contributed by atoms with Crippen molar-refractivity contribution < 1.29 is 5.11 Å².